The summed E-state index contributed by atoms with van der Waals surface area (Å²) in [7, 11) is -3.62. The van der Waals surface area contributed by atoms with Crippen molar-refractivity contribution in [3.63, 3.8) is 0 Å². The van der Waals surface area contributed by atoms with E-state index in [0.29, 0.717) is 45.3 Å². The number of hydrogen-bond donors (Lipinski definition) is 1. The van der Waals surface area contributed by atoms with Gasteiger partial charge in [-0.25, -0.2) is 17.2 Å². The molecule has 0 radical (unpaired) electrons. The van der Waals surface area contributed by atoms with Crippen molar-refractivity contribution in [2.45, 2.75) is 37.1 Å². The fourth-order valence-corrected chi connectivity index (χ4v) is 4.89. The fraction of sp³-hybridized carbons (Fsp3) is 0.381. The summed E-state index contributed by atoms with van der Waals surface area (Å²) in [5.74, 6) is -0.574. The summed E-state index contributed by atoms with van der Waals surface area (Å²) in [6.07, 6.45) is 2.44. The number of carbonyl (C=O) groups is 1. The molecule has 1 amide bonds. The smallest absolute Gasteiger partial charge is 0.243 e. The lowest BCUT2D eigenvalue weighted by molar-refractivity contribution is -0.121. The number of amides is 1. The van der Waals surface area contributed by atoms with Crippen molar-refractivity contribution >= 4 is 15.9 Å². The highest BCUT2D eigenvalue weighted by Crippen LogP contribution is 2.26. The third kappa shape index (κ3) is 5.83. The van der Waals surface area contributed by atoms with Crippen LogP contribution in [-0.4, -0.2) is 31.7 Å². The van der Waals surface area contributed by atoms with E-state index in [1.54, 1.807) is 12.1 Å². The van der Waals surface area contributed by atoms with Crippen LogP contribution in [-0.2, 0) is 21.4 Å². The molecular formula is C21H24F2N2O3S. The normalized spacial score (nSPS) is 15.9. The second-order valence-corrected chi connectivity index (χ2v) is 9.18. The van der Waals surface area contributed by atoms with Crippen LogP contribution in [0.2, 0.25) is 0 Å². The van der Waals surface area contributed by atoms with E-state index in [1.807, 2.05) is 0 Å². The number of hydrogen-bond acceptors (Lipinski definition) is 3. The van der Waals surface area contributed by atoms with Gasteiger partial charge in [-0.2, -0.15) is 4.31 Å². The van der Waals surface area contributed by atoms with Gasteiger partial charge in [-0.05, 0) is 67.1 Å². The molecular weight excluding hydrogens is 398 g/mol. The number of nitrogens with one attached hydrogen (secondary N) is 1. The molecule has 0 aliphatic carbocycles. The van der Waals surface area contributed by atoms with Gasteiger partial charge in [-0.1, -0.05) is 12.1 Å². The summed E-state index contributed by atoms with van der Waals surface area (Å²) in [5.41, 5.74) is 0.832. The molecule has 2 aromatic rings. The van der Waals surface area contributed by atoms with Crippen molar-refractivity contribution in [3.8, 4) is 0 Å². The van der Waals surface area contributed by atoms with Gasteiger partial charge in [-0.3, -0.25) is 4.79 Å². The van der Waals surface area contributed by atoms with Gasteiger partial charge in [0, 0.05) is 26.1 Å². The summed E-state index contributed by atoms with van der Waals surface area (Å²) < 4.78 is 52.6. The SMILES string of the molecule is O=C(CCC1CCN(S(=O)(=O)c2ccc(F)cc2)CC1)NCc1ccc(F)cc1. The molecule has 29 heavy (non-hydrogen) atoms. The molecule has 0 atom stereocenters. The molecule has 0 aromatic heterocycles. The molecule has 3 rings (SSSR count). The van der Waals surface area contributed by atoms with E-state index in [1.165, 1.54) is 28.6 Å². The van der Waals surface area contributed by atoms with E-state index in [9.17, 15) is 22.0 Å². The van der Waals surface area contributed by atoms with Crippen LogP contribution in [0.15, 0.2) is 53.4 Å². The first-order valence-corrected chi connectivity index (χ1v) is 11.1. The van der Waals surface area contributed by atoms with E-state index in [0.717, 1.165) is 17.7 Å². The Kier molecular flexibility index (Phi) is 6.97. The van der Waals surface area contributed by atoms with Gasteiger partial charge < -0.3 is 5.32 Å². The zero-order valence-electron chi connectivity index (χ0n) is 16.0. The molecule has 1 aliphatic rings. The summed E-state index contributed by atoms with van der Waals surface area (Å²) in [6.45, 7) is 1.14. The van der Waals surface area contributed by atoms with Crippen LogP contribution in [0.4, 0.5) is 8.78 Å². The van der Waals surface area contributed by atoms with E-state index >= 15 is 0 Å². The Morgan fingerprint density at radius 3 is 2.10 bits per heavy atom. The highest BCUT2D eigenvalue weighted by molar-refractivity contribution is 7.89. The van der Waals surface area contributed by atoms with Crippen LogP contribution in [0.3, 0.4) is 0 Å². The first kappa shape index (κ1) is 21.4. The number of nitrogens with zero attached hydrogens (tertiary/aromatic N) is 1. The van der Waals surface area contributed by atoms with E-state index in [4.69, 9.17) is 0 Å². The quantitative estimate of drug-likeness (QED) is 0.743. The predicted octanol–water partition coefficient (Wildman–Crippen LogP) is 3.46. The second-order valence-electron chi connectivity index (χ2n) is 7.24. The highest BCUT2D eigenvalue weighted by Gasteiger charge is 2.29. The first-order valence-electron chi connectivity index (χ1n) is 9.61. The van der Waals surface area contributed by atoms with Crippen molar-refractivity contribution in [2.24, 2.45) is 5.92 Å². The van der Waals surface area contributed by atoms with Crippen LogP contribution in [0.5, 0.6) is 0 Å². The highest BCUT2D eigenvalue weighted by atomic mass is 32.2. The maximum atomic E-state index is 13.0. The fourth-order valence-electron chi connectivity index (χ4n) is 3.42. The maximum Gasteiger partial charge on any atom is 0.243 e. The van der Waals surface area contributed by atoms with Crippen LogP contribution in [0.25, 0.3) is 0 Å². The number of halogens is 2. The molecule has 5 nitrogen and oxygen atoms in total. The number of benzene rings is 2. The lowest BCUT2D eigenvalue weighted by Gasteiger charge is -2.31. The minimum absolute atomic E-state index is 0.0734. The molecule has 0 bridgehead atoms. The minimum atomic E-state index is -3.62. The Labute approximate surface area is 169 Å². The third-order valence-electron chi connectivity index (χ3n) is 5.21. The third-order valence-corrected chi connectivity index (χ3v) is 7.12. The topological polar surface area (TPSA) is 66.5 Å². The molecule has 156 valence electrons. The molecule has 0 unspecified atom stereocenters. The van der Waals surface area contributed by atoms with Crippen molar-refractivity contribution < 1.29 is 22.0 Å². The van der Waals surface area contributed by atoms with E-state index in [2.05, 4.69) is 5.32 Å². The lowest BCUT2D eigenvalue weighted by Crippen LogP contribution is -2.38. The molecule has 1 aliphatic heterocycles. The molecule has 8 heteroatoms. The number of sulfonamides is 1. The van der Waals surface area contributed by atoms with Gasteiger partial charge in [0.2, 0.25) is 15.9 Å². The van der Waals surface area contributed by atoms with E-state index < -0.39 is 15.8 Å². The minimum Gasteiger partial charge on any atom is -0.352 e. The van der Waals surface area contributed by atoms with Crippen molar-refractivity contribution in [2.75, 3.05) is 13.1 Å². The maximum absolute atomic E-state index is 13.0. The number of piperidine rings is 1. The summed E-state index contributed by atoms with van der Waals surface area (Å²) in [5, 5.41) is 2.82. The van der Waals surface area contributed by atoms with Crippen LogP contribution < -0.4 is 5.32 Å². The van der Waals surface area contributed by atoms with Gasteiger partial charge in [0.1, 0.15) is 11.6 Å². The Morgan fingerprint density at radius 1 is 0.966 bits per heavy atom. The Balaban J connectivity index is 1.42. The average molecular weight is 422 g/mol. The Hall–Kier alpha value is -2.32. The molecule has 0 saturated carbocycles. The zero-order chi connectivity index (χ0) is 20.9. The van der Waals surface area contributed by atoms with Gasteiger partial charge in [-0.15, -0.1) is 0 Å². The monoisotopic (exact) mass is 422 g/mol. The molecule has 1 heterocycles. The largest absolute Gasteiger partial charge is 0.352 e. The van der Waals surface area contributed by atoms with Gasteiger partial charge >= 0.3 is 0 Å². The summed E-state index contributed by atoms with van der Waals surface area (Å²) >= 11 is 0. The van der Waals surface area contributed by atoms with Gasteiger partial charge in [0.15, 0.2) is 0 Å². The van der Waals surface area contributed by atoms with Crippen molar-refractivity contribution in [1.82, 2.24) is 9.62 Å². The predicted molar refractivity (Wildman–Crippen MR) is 105 cm³/mol. The molecule has 0 spiro atoms. The zero-order valence-corrected chi connectivity index (χ0v) is 16.8. The molecule has 1 saturated heterocycles. The van der Waals surface area contributed by atoms with Gasteiger partial charge in [0.25, 0.3) is 0 Å². The summed E-state index contributed by atoms with van der Waals surface area (Å²) in [4.78, 5) is 12.1. The number of rotatable bonds is 7. The van der Waals surface area contributed by atoms with Crippen LogP contribution in [0.1, 0.15) is 31.2 Å². The standard InChI is InChI=1S/C21H24F2N2O3S/c22-18-4-1-17(2-5-18)15-24-21(26)10-3-16-11-13-25(14-12-16)29(27,28)20-8-6-19(23)7-9-20/h1-2,4-9,16H,3,10-15H2,(H,24,26). The van der Waals surface area contributed by atoms with Crippen LogP contribution >= 0.6 is 0 Å². The molecule has 1 N–H and O–H groups in total. The van der Waals surface area contributed by atoms with E-state index in [-0.39, 0.29) is 22.5 Å². The van der Waals surface area contributed by atoms with Crippen LogP contribution in [0, 0.1) is 17.6 Å². The second kappa shape index (κ2) is 9.45. The molecule has 1 fully saturated rings. The Bertz CT molecular complexity index is 923. The Morgan fingerprint density at radius 2 is 1.52 bits per heavy atom. The summed E-state index contributed by atoms with van der Waals surface area (Å²) in [6, 6.07) is 10.8. The average Bonchev–Trinajstić information content (AvgIpc) is 2.72. The number of carbonyl (C=O) groups excluding carboxylic acids is 1. The molecule has 2 aromatic carbocycles. The lowest BCUT2D eigenvalue weighted by atomic mass is 9.93. The van der Waals surface area contributed by atoms with Crippen molar-refractivity contribution in [1.29, 1.82) is 0 Å². The van der Waals surface area contributed by atoms with Gasteiger partial charge in [0.05, 0.1) is 4.90 Å². The van der Waals surface area contributed by atoms with Crippen molar-refractivity contribution in [3.05, 3.63) is 65.7 Å². The first-order chi connectivity index (χ1) is 13.8.